The molecule has 1 amide bonds. The molecule has 0 spiro atoms. The van der Waals surface area contributed by atoms with Gasteiger partial charge in [-0.05, 0) is 30.7 Å². The predicted octanol–water partition coefficient (Wildman–Crippen LogP) is 4.49. The molecule has 0 unspecified atom stereocenters. The lowest BCUT2D eigenvalue weighted by molar-refractivity contribution is -0.126. The Labute approximate surface area is 147 Å². The van der Waals surface area contributed by atoms with Gasteiger partial charge >= 0.3 is 0 Å². The summed E-state index contributed by atoms with van der Waals surface area (Å²) >= 11 is 0. The number of rotatable bonds is 2. The summed E-state index contributed by atoms with van der Waals surface area (Å²) in [6, 6.07) is 15.8. The van der Waals surface area contributed by atoms with E-state index in [0.717, 1.165) is 33.6 Å². The lowest BCUT2D eigenvalue weighted by Crippen LogP contribution is -2.43. The Kier molecular flexibility index (Phi) is 3.49. The molecule has 0 N–H and O–H groups in total. The summed E-state index contributed by atoms with van der Waals surface area (Å²) in [7, 11) is 1.67. The monoisotopic (exact) mass is 332 g/mol. The van der Waals surface area contributed by atoms with Gasteiger partial charge in [0.15, 0.2) is 0 Å². The van der Waals surface area contributed by atoms with Gasteiger partial charge in [-0.1, -0.05) is 38.1 Å². The van der Waals surface area contributed by atoms with Crippen molar-refractivity contribution in [3.05, 3.63) is 60.3 Å². The second kappa shape index (κ2) is 5.59. The largest absolute Gasteiger partial charge is 0.496 e. The number of benzene rings is 2. The Bertz CT molecular complexity index is 979. The van der Waals surface area contributed by atoms with Crippen LogP contribution >= 0.6 is 0 Å². The number of hydrogen-bond donors (Lipinski definition) is 0. The molecule has 2 heterocycles. The lowest BCUT2D eigenvalue weighted by Gasteiger charge is -2.39. The van der Waals surface area contributed by atoms with Crippen LogP contribution < -0.4 is 9.64 Å². The molecular weight excluding hydrogens is 312 g/mol. The number of methoxy groups -OCH3 is 1. The number of para-hydroxylation sites is 1. The standard InChI is InChI=1S/C21H20N2O2/c1-21(2)12-16-18(9-6-10-19(16)25-3)23(20(21)24)15-11-14-7-4-5-8-17(14)22-13-15/h4-11,13H,12H2,1-3H3. The van der Waals surface area contributed by atoms with Crippen LogP contribution in [-0.2, 0) is 11.2 Å². The van der Waals surface area contributed by atoms with Crippen LogP contribution in [0.3, 0.4) is 0 Å². The maximum atomic E-state index is 13.2. The zero-order chi connectivity index (χ0) is 17.6. The number of nitrogens with zero attached hydrogens (tertiary/aromatic N) is 2. The topological polar surface area (TPSA) is 42.4 Å². The SMILES string of the molecule is COc1cccc2c1CC(C)(C)C(=O)N2c1cnc2ccccc2c1. The molecule has 4 heteroatoms. The van der Waals surface area contributed by atoms with Gasteiger partial charge in [-0.15, -0.1) is 0 Å². The summed E-state index contributed by atoms with van der Waals surface area (Å²) in [5.41, 5.74) is 3.13. The van der Waals surface area contributed by atoms with Crippen LogP contribution in [0, 0.1) is 5.41 Å². The maximum Gasteiger partial charge on any atom is 0.237 e. The molecule has 1 aliphatic heterocycles. The Balaban J connectivity index is 1.94. The Hall–Kier alpha value is -2.88. The van der Waals surface area contributed by atoms with Gasteiger partial charge in [-0.3, -0.25) is 14.7 Å². The van der Waals surface area contributed by atoms with Crippen LogP contribution in [0.15, 0.2) is 54.7 Å². The van der Waals surface area contributed by atoms with Gasteiger partial charge in [0.05, 0.1) is 30.2 Å². The molecule has 0 atom stereocenters. The predicted molar refractivity (Wildman–Crippen MR) is 99.4 cm³/mol. The highest BCUT2D eigenvalue weighted by Crippen LogP contribution is 2.45. The number of aromatic nitrogens is 1. The normalized spacial score (nSPS) is 16.0. The highest BCUT2D eigenvalue weighted by molar-refractivity contribution is 6.07. The molecule has 4 rings (SSSR count). The number of anilines is 2. The molecule has 4 nitrogen and oxygen atoms in total. The fourth-order valence-electron chi connectivity index (χ4n) is 3.50. The molecule has 0 saturated heterocycles. The molecule has 2 aromatic carbocycles. The van der Waals surface area contributed by atoms with E-state index in [1.165, 1.54) is 0 Å². The second-order valence-corrected chi connectivity index (χ2v) is 7.05. The van der Waals surface area contributed by atoms with Crippen molar-refractivity contribution in [2.45, 2.75) is 20.3 Å². The molecule has 0 radical (unpaired) electrons. The number of pyridine rings is 1. The average Bonchev–Trinajstić information content (AvgIpc) is 2.62. The Morgan fingerprint density at radius 1 is 1.12 bits per heavy atom. The zero-order valence-electron chi connectivity index (χ0n) is 14.6. The van der Waals surface area contributed by atoms with Gasteiger partial charge in [0, 0.05) is 16.4 Å². The molecule has 1 aromatic heterocycles. The van der Waals surface area contributed by atoms with E-state index < -0.39 is 5.41 Å². The first-order valence-corrected chi connectivity index (χ1v) is 8.36. The van der Waals surface area contributed by atoms with Crippen LogP contribution in [0.2, 0.25) is 0 Å². The number of fused-ring (bicyclic) bond motifs is 2. The lowest BCUT2D eigenvalue weighted by atomic mass is 9.79. The van der Waals surface area contributed by atoms with E-state index in [2.05, 4.69) is 4.98 Å². The van der Waals surface area contributed by atoms with E-state index in [1.807, 2.05) is 62.4 Å². The van der Waals surface area contributed by atoms with Crippen molar-refractivity contribution in [2.75, 3.05) is 12.0 Å². The van der Waals surface area contributed by atoms with Crippen molar-refractivity contribution in [1.82, 2.24) is 4.98 Å². The van der Waals surface area contributed by atoms with E-state index in [0.29, 0.717) is 6.42 Å². The molecule has 0 bridgehead atoms. The van der Waals surface area contributed by atoms with E-state index >= 15 is 0 Å². The second-order valence-electron chi connectivity index (χ2n) is 7.05. The summed E-state index contributed by atoms with van der Waals surface area (Å²) < 4.78 is 5.54. The summed E-state index contributed by atoms with van der Waals surface area (Å²) in [6.45, 7) is 3.96. The molecule has 3 aromatic rings. The van der Waals surface area contributed by atoms with Gasteiger partial charge < -0.3 is 4.74 Å². The third-order valence-corrected chi connectivity index (χ3v) is 4.80. The maximum absolute atomic E-state index is 13.2. The van der Waals surface area contributed by atoms with Crippen molar-refractivity contribution in [2.24, 2.45) is 5.41 Å². The van der Waals surface area contributed by atoms with Crippen molar-refractivity contribution in [1.29, 1.82) is 0 Å². The smallest absolute Gasteiger partial charge is 0.237 e. The summed E-state index contributed by atoms with van der Waals surface area (Å²) in [5.74, 6) is 0.891. The molecule has 0 fully saturated rings. The number of ether oxygens (including phenoxy) is 1. The van der Waals surface area contributed by atoms with Crippen LogP contribution in [-0.4, -0.2) is 18.0 Å². The third-order valence-electron chi connectivity index (χ3n) is 4.80. The number of amides is 1. The number of hydrogen-bond acceptors (Lipinski definition) is 3. The van der Waals surface area contributed by atoms with E-state index in [-0.39, 0.29) is 5.91 Å². The molecule has 1 aliphatic rings. The molecular formula is C21H20N2O2. The van der Waals surface area contributed by atoms with Gasteiger partial charge in [-0.25, -0.2) is 0 Å². The van der Waals surface area contributed by atoms with Crippen LogP contribution in [0.25, 0.3) is 10.9 Å². The van der Waals surface area contributed by atoms with Gasteiger partial charge in [0.25, 0.3) is 0 Å². The Morgan fingerprint density at radius 2 is 1.92 bits per heavy atom. The Morgan fingerprint density at radius 3 is 2.72 bits per heavy atom. The van der Waals surface area contributed by atoms with Gasteiger partial charge in [0.2, 0.25) is 5.91 Å². The van der Waals surface area contributed by atoms with Crippen molar-refractivity contribution >= 4 is 28.2 Å². The highest BCUT2D eigenvalue weighted by atomic mass is 16.5. The minimum Gasteiger partial charge on any atom is -0.496 e. The van der Waals surface area contributed by atoms with Crippen molar-refractivity contribution < 1.29 is 9.53 Å². The van der Waals surface area contributed by atoms with Gasteiger partial charge in [0.1, 0.15) is 5.75 Å². The quantitative estimate of drug-likeness (QED) is 0.694. The minimum atomic E-state index is -0.507. The van der Waals surface area contributed by atoms with E-state index in [4.69, 9.17) is 4.74 Å². The van der Waals surface area contributed by atoms with Gasteiger partial charge in [-0.2, -0.15) is 0 Å². The average molecular weight is 332 g/mol. The van der Waals surface area contributed by atoms with E-state index in [9.17, 15) is 4.79 Å². The summed E-state index contributed by atoms with van der Waals surface area (Å²) in [4.78, 5) is 19.5. The first kappa shape index (κ1) is 15.6. The first-order valence-electron chi connectivity index (χ1n) is 8.36. The molecule has 0 saturated carbocycles. The summed E-state index contributed by atoms with van der Waals surface area (Å²) in [6.07, 6.45) is 2.42. The van der Waals surface area contributed by atoms with Crippen LogP contribution in [0.1, 0.15) is 19.4 Å². The molecule has 0 aliphatic carbocycles. The number of carbonyl (C=O) groups is 1. The van der Waals surface area contributed by atoms with E-state index in [1.54, 1.807) is 18.2 Å². The zero-order valence-corrected chi connectivity index (χ0v) is 14.6. The van der Waals surface area contributed by atoms with Crippen LogP contribution in [0.4, 0.5) is 11.4 Å². The van der Waals surface area contributed by atoms with Crippen molar-refractivity contribution in [3.63, 3.8) is 0 Å². The minimum absolute atomic E-state index is 0.0744. The molecule has 25 heavy (non-hydrogen) atoms. The molecule has 126 valence electrons. The van der Waals surface area contributed by atoms with Crippen LogP contribution in [0.5, 0.6) is 5.75 Å². The fourth-order valence-corrected chi connectivity index (χ4v) is 3.50. The number of carbonyl (C=O) groups excluding carboxylic acids is 1. The third kappa shape index (κ3) is 2.45. The van der Waals surface area contributed by atoms with Crippen molar-refractivity contribution in [3.8, 4) is 5.75 Å². The fraction of sp³-hybridized carbons (Fsp3) is 0.238. The summed E-state index contributed by atoms with van der Waals surface area (Å²) in [5, 5.41) is 1.01. The first-order chi connectivity index (χ1) is 12.0. The highest BCUT2D eigenvalue weighted by Gasteiger charge is 2.41.